The van der Waals surface area contributed by atoms with Crippen LogP contribution < -0.4 is 0 Å². The first kappa shape index (κ1) is 15.2. The van der Waals surface area contributed by atoms with Crippen molar-refractivity contribution in [1.82, 2.24) is 0 Å². The summed E-state index contributed by atoms with van der Waals surface area (Å²) in [6.07, 6.45) is 1.88. The van der Waals surface area contributed by atoms with Crippen molar-refractivity contribution in [3.8, 4) is 0 Å². The van der Waals surface area contributed by atoms with Crippen molar-refractivity contribution in [3.05, 3.63) is 60.2 Å². The maximum atomic E-state index is 5.97. The zero-order chi connectivity index (χ0) is 14.9. The van der Waals surface area contributed by atoms with Crippen LogP contribution in [0.1, 0.15) is 12.0 Å². The second-order valence-corrected chi connectivity index (χ2v) is 14.6. The third-order valence-electron chi connectivity index (χ3n) is 3.74. The van der Waals surface area contributed by atoms with E-state index < -0.39 is 6.00 Å². The molecule has 0 spiro atoms. The molecule has 3 aromatic rings. The van der Waals surface area contributed by atoms with Crippen molar-refractivity contribution < 1.29 is 0 Å². The molecule has 3 rings (SSSR count). The highest BCUT2D eigenvalue weighted by molar-refractivity contribution is 7.64. The third-order valence-corrected chi connectivity index (χ3v) is 6.36. The molecule has 21 heavy (non-hydrogen) atoms. The topological polar surface area (TPSA) is 0 Å². The molecular weight excluding hydrogens is 339 g/mol. The lowest BCUT2D eigenvalue weighted by molar-refractivity contribution is 0.922. The molecule has 0 unspecified atom stereocenters. The van der Waals surface area contributed by atoms with Crippen LogP contribution in [-0.4, -0.2) is 6.00 Å². The molecular formula is C17H15Cl3Si. The van der Waals surface area contributed by atoms with E-state index in [2.05, 4.69) is 54.6 Å². The standard InChI is InChI=1S/C17H15Cl3Si/c18-21(19,20)10-4-9-13-7-3-8-16-11-14-5-1-2-6-15(14)12-17(13)16/h1-3,5-8,11-12H,4,9-10H2. The van der Waals surface area contributed by atoms with Gasteiger partial charge in [0.15, 0.2) is 0 Å². The summed E-state index contributed by atoms with van der Waals surface area (Å²) >= 11 is 17.9. The third kappa shape index (κ3) is 3.73. The van der Waals surface area contributed by atoms with Gasteiger partial charge in [-0.1, -0.05) is 42.5 Å². The molecule has 0 radical (unpaired) electrons. The van der Waals surface area contributed by atoms with Gasteiger partial charge in [-0.25, -0.2) is 0 Å². The summed E-state index contributed by atoms with van der Waals surface area (Å²) in [5.41, 5.74) is 1.33. The van der Waals surface area contributed by atoms with E-state index in [-0.39, 0.29) is 0 Å². The van der Waals surface area contributed by atoms with E-state index in [1.165, 1.54) is 27.1 Å². The lowest BCUT2D eigenvalue weighted by atomic mass is 9.98. The van der Waals surface area contributed by atoms with Gasteiger partial charge in [-0.15, -0.1) is 33.2 Å². The van der Waals surface area contributed by atoms with Gasteiger partial charge < -0.3 is 0 Å². The molecule has 0 aliphatic carbocycles. The number of aryl methyl sites for hydroxylation is 1. The molecule has 0 amide bonds. The summed E-state index contributed by atoms with van der Waals surface area (Å²) in [7, 11) is 0. The van der Waals surface area contributed by atoms with Crippen LogP contribution in [0.3, 0.4) is 0 Å². The van der Waals surface area contributed by atoms with Gasteiger partial charge in [0.1, 0.15) is 0 Å². The van der Waals surface area contributed by atoms with Crippen LogP contribution in [0.5, 0.6) is 0 Å². The Balaban J connectivity index is 1.97. The molecule has 0 bridgehead atoms. The molecule has 0 heterocycles. The average molecular weight is 354 g/mol. The van der Waals surface area contributed by atoms with E-state index in [1.54, 1.807) is 0 Å². The van der Waals surface area contributed by atoms with Crippen LogP contribution in [0.25, 0.3) is 21.5 Å². The monoisotopic (exact) mass is 352 g/mol. The first-order valence-electron chi connectivity index (χ1n) is 7.00. The fourth-order valence-corrected chi connectivity index (χ4v) is 4.51. The molecule has 0 fully saturated rings. The second-order valence-electron chi connectivity index (χ2n) is 5.31. The van der Waals surface area contributed by atoms with E-state index in [0.717, 1.165) is 12.8 Å². The SMILES string of the molecule is Cl[Si](Cl)(Cl)CCCc1cccc2cc3ccccc3cc12. The van der Waals surface area contributed by atoms with Crippen molar-refractivity contribution in [1.29, 1.82) is 0 Å². The average Bonchev–Trinajstić information content (AvgIpc) is 2.44. The summed E-state index contributed by atoms with van der Waals surface area (Å²) in [6, 6.07) is 17.6. The second kappa shape index (κ2) is 6.17. The molecule has 108 valence electrons. The van der Waals surface area contributed by atoms with Gasteiger partial charge >= 0.3 is 6.00 Å². The normalized spacial score (nSPS) is 12.1. The van der Waals surface area contributed by atoms with Gasteiger partial charge in [0.05, 0.1) is 0 Å². The fraction of sp³-hybridized carbons (Fsp3) is 0.176. The molecule has 0 saturated heterocycles. The smallest absolute Gasteiger partial charge is 0.126 e. The van der Waals surface area contributed by atoms with Crippen molar-refractivity contribution >= 4 is 60.8 Å². The molecule has 3 aromatic carbocycles. The van der Waals surface area contributed by atoms with Gasteiger partial charge in [0.2, 0.25) is 0 Å². The molecule has 0 saturated carbocycles. The largest absolute Gasteiger partial charge is 0.341 e. The molecule has 0 atom stereocenters. The van der Waals surface area contributed by atoms with Crippen LogP contribution in [-0.2, 0) is 6.42 Å². The maximum Gasteiger partial charge on any atom is 0.341 e. The van der Waals surface area contributed by atoms with Crippen LogP contribution in [0.15, 0.2) is 54.6 Å². The van der Waals surface area contributed by atoms with Crippen molar-refractivity contribution in [3.63, 3.8) is 0 Å². The first-order chi connectivity index (χ1) is 10.0. The lowest BCUT2D eigenvalue weighted by Crippen LogP contribution is -2.08. The highest BCUT2D eigenvalue weighted by atomic mass is 35.8. The summed E-state index contributed by atoms with van der Waals surface area (Å²) < 4.78 is 0. The number of halogens is 3. The summed E-state index contributed by atoms with van der Waals surface area (Å²) in [5, 5.41) is 5.13. The van der Waals surface area contributed by atoms with Crippen LogP contribution in [0.4, 0.5) is 0 Å². The highest BCUT2D eigenvalue weighted by Crippen LogP contribution is 2.30. The van der Waals surface area contributed by atoms with Crippen molar-refractivity contribution in [2.45, 2.75) is 18.9 Å². The van der Waals surface area contributed by atoms with E-state index >= 15 is 0 Å². The van der Waals surface area contributed by atoms with Gasteiger partial charge in [-0.3, -0.25) is 0 Å². The summed E-state index contributed by atoms with van der Waals surface area (Å²) in [5.74, 6) is 0. The van der Waals surface area contributed by atoms with Gasteiger partial charge in [0.25, 0.3) is 0 Å². The van der Waals surface area contributed by atoms with E-state index in [9.17, 15) is 0 Å². The minimum atomic E-state index is -2.51. The minimum absolute atomic E-state index is 0.710. The Hall–Kier alpha value is -0.733. The molecule has 4 heteroatoms. The number of benzene rings is 3. The van der Waals surface area contributed by atoms with Crippen molar-refractivity contribution in [2.24, 2.45) is 0 Å². The summed E-state index contributed by atoms with van der Waals surface area (Å²) in [6.45, 7) is 0. The van der Waals surface area contributed by atoms with Gasteiger partial charge in [-0.05, 0) is 58.1 Å². The zero-order valence-corrected chi connectivity index (χ0v) is 14.7. The lowest BCUT2D eigenvalue weighted by Gasteiger charge is -2.10. The Morgan fingerprint density at radius 1 is 0.762 bits per heavy atom. The number of rotatable bonds is 4. The predicted molar refractivity (Wildman–Crippen MR) is 97.9 cm³/mol. The first-order valence-corrected chi connectivity index (χ1v) is 12.2. The minimum Gasteiger partial charge on any atom is -0.126 e. The van der Waals surface area contributed by atoms with Crippen molar-refractivity contribution in [2.75, 3.05) is 0 Å². The Labute approximate surface area is 139 Å². The zero-order valence-electron chi connectivity index (χ0n) is 11.5. The van der Waals surface area contributed by atoms with Gasteiger partial charge in [-0.2, -0.15) is 0 Å². The molecule has 0 nitrogen and oxygen atoms in total. The number of hydrogen-bond acceptors (Lipinski definition) is 0. The quantitative estimate of drug-likeness (QED) is 0.282. The molecule has 0 aliphatic heterocycles. The fourth-order valence-electron chi connectivity index (χ4n) is 2.73. The Morgan fingerprint density at radius 2 is 1.43 bits per heavy atom. The summed E-state index contributed by atoms with van der Waals surface area (Å²) in [4.78, 5) is 0. The molecule has 0 aromatic heterocycles. The Kier molecular flexibility index (Phi) is 4.46. The van der Waals surface area contributed by atoms with E-state index in [0.29, 0.717) is 6.04 Å². The van der Waals surface area contributed by atoms with E-state index in [4.69, 9.17) is 33.2 Å². The Morgan fingerprint density at radius 3 is 2.14 bits per heavy atom. The number of hydrogen-bond donors (Lipinski definition) is 0. The van der Waals surface area contributed by atoms with Gasteiger partial charge in [0, 0.05) is 0 Å². The van der Waals surface area contributed by atoms with Crippen LogP contribution in [0.2, 0.25) is 6.04 Å². The maximum absolute atomic E-state index is 5.97. The molecule has 0 N–H and O–H groups in total. The number of fused-ring (bicyclic) bond motifs is 2. The molecule has 0 aliphatic rings. The van der Waals surface area contributed by atoms with E-state index in [1.807, 2.05) is 0 Å². The van der Waals surface area contributed by atoms with Crippen LogP contribution >= 0.6 is 33.2 Å². The Bertz CT molecular complexity index is 778. The predicted octanol–water partition coefficient (Wildman–Crippen LogP) is 6.58. The van der Waals surface area contributed by atoms with Crippen LogP contribution in [0, 0.1) is 0 Å². The highest BCUT2D eigenvalue weighted by Gasteiger charge is 2.23.